The molecule has 0 aliphatic rings. The second-order valence-electron chi connectivity index (χ2n) is 4.85. The predicted molar refractivity (Wildman–Crippen MR) is 96.1 cm³/mol. The van der Waals surface area contributed by atoms with Gasteiger partial charge >= 0.3 is 0 Å². The summed E-state index contributed by atoms with van der Waals surface area (Å²) in [4.78, 5) is 31.8. The van der Waals surface area contributed by atoms with Gasteiger partial charge in [0.25, 0.3) is 17.3 Å². The van der Waals surface area contributed by atoms with Gasteiger partial charge in [0.15, 0.2) is 11.7 Å². The van der Waals surface area contributed by atoms with E-state index in [-0.39, 0.29) is 23.1 Å². The van der Waals surface area contributed by atoms with Crippen molar-refractivity contribution < 1.29 is 19.4 Å². The number of hydrogen-bond acceptors (Lipinski definition) is 7. The van der Waals surface area contributed by atoms with E-state index in [2.05, 4.69) is 10.6 Å². The lowest BCUT2D eigenvalue weighted by Gasteiger charge is -2.10. The van der Waals surface area contributed by atoms with Crippen LogP contribution < -0.4 is 15.4 Å². The SMILES string of the molecule is O=C(COc1ccc([N+](=O)[O-])cc1)NC(=S)Nc1ccc([N+](=O)[O-])cc1. The van der Waals surface area contributed by atoms with Crippen molar-refractivity contribution in [3.63, 3.8) is 0 Å². The van der Waals surface area contributed by atoms with Crippen LogP contribution >= 0.6 is 12.2 Å². The van der Waals surface area contributed by atoms with Crippen molar-refractivity contribution in [2.75, 3.05) is 11.9 Å². The first-order valence-electron chi connectivity index (χ1n) is 7.07. The number of anilines is 1. The highest BCUT2D eigenvalue weighted by molar-refractivity contribution is 7.80. The first kappa shape index (κ1) is 18.7. The zero-order valence-corrected chi connectivity index (χ0v) is 13.9. The van der Waals surface area contributed by atoms with E-state index >= 15 is 0 Å². The minimum atomic E-state index is -0.543. The highest BCUT2D eigenvalue weighted by Gasteiger charge is 2.09. The summed E-state index contributed by atoms with van der Waals surface area (Å²) in [6.07, 6.45) is 0. The molecule has 0 aliphatic carbocycles. The number of amides is 1. The summed E-state index contributed by atoms with van der Waals surface area (Å²) in [5.74, 6) is -0.247. The van der Waals surface area contributed by atoms with Crippen molar-refractivity contribution in [1.82, 2.24) is 5.32 Å². The van der Waals surface area contributed by atoms with Crippen molar-refractivity contribution in [1.29, 1.82) is 0 Å². The number of nitro groups is 2. The number of carbonyl (C=O) groups excluding carboxylic acids is 1. The van der Waals surface area contributed by atoms with Gasteiger partial charge < -0.3 is 10.1 Å². The first-order chi connectivity index (χ1) is 12.3. The van der Waals surface area contributed by atoms with Crippen LogP contribution in [0.25, 0.3) is 0 Å². The van der Waals surface area contributed by atoms with Gasteiger partial charge in [-0.25, -0.2) is 0 Å². The number of nitrogens with one attached hydrogen (secondary N) is 2. The summed E-state index contributed by atoms with van der Waals surface area (Å²) in [6.45, 7) is -0.347. The Morgan fingerprint density at radius 2 is 1.46 bits per heavy atom. The number of hydrogen-bond donors (Lipinski definition) is 2. The average molecular weight is 376 g/mol. The quantitative estimate of drug-likeness (QED) is 0.445. The van der Waals surface area contributed by atoms with Gasteiger partial charge in [0, 0.05) is 30.0 Å². The molecule has 0 aromatic heterocycles. The summed E-state index contributed by atoms with van der Waals surface area (Å²) in [6, 6.07) is 10.8. The predicted octanol–water partition coefficient (Wildman–Crippen LogP) is 2.40. The summed E-state index contributed by atoms with van der Waals surface area (Å²) in [7, 11) is 0. The maximum absolute atomic E-state index is 11.8. The molecule has 1 amide bonds. The van der Waals surface area contributed by atoms with Gasteiger partial charge in [0.2, 0.25) is 0 Å². The molecule has 0 saturated heterocycles. The summed E-state index contributed by atoms with van der Waals surface area (Å²) in [5.41, 5.74) is 0.314. The van der Waals surface area contributed by atoms with Crippen molar-refractivity contribution in [2.45, 2.75) is 0 Å². The molecule has 0 fully saturated rings. The van der Waals surface area contributed by atoms with E-state index in [1.54, 1.807) is 0 Å². The first-order valence-corrected chi connectivity index (χ1v) is 7.48. The van der Waals surface area contributed by atoms with E-state index in [1.807, 2.05) is 0 Å². The number of carbonyl (C=O) groups is 1. The van der Waals surface area contributed by atoms with Crippen LogP contribution in [0.1, 0.15) is 0 Å². The molecule has 0 aliphatic heterocycles. The van der Waals surface area contributed by atoms with Gasteiger partial charge in [-0.1, -0.05) is 0 Å². The molecule has 0 saturated carbocycles. The lowest BCUT2D eigenvalue weighted by molar-refractivity contribution is -0.385. The lowest BCUT2D eigenvalue weighted by atomic mass is 10.3. The van der Waals surface area contributed by atoms with Crippen LogP contribution in [0.3, 0.4) is 0 Å². The molecule has 2 N–H and O–H groups in total. The van der Waals surface area contributed by atoms with Crippen LogP contribution in [-0.2, 0) is 4.79 Å². The fourth-order valence-corrected chi connectivity index (χ4v) is 2.04. The maximum Gasteiger partial charge on any atom is 0.269 e. The third kappa shape index (κ3) is 5.49. The average Bonchev–Trinajstić information content (AvgIpc) is 2.60. The van der Waals surface area contributed by atoms with Crippen molar-refractivity contribution in [2.24, 2.45) is 0 Å². The molecule has 2 rings (SSSR count). The monoisotopic (exact) mass is 376 g/mol. The second-order valence-corrected chi connectivity index (χ2v) is 5.25. The Labute approximate surface area is 152 Å². The van der Waals surface area contributed by atoms with E-state index in [9.17, 15) is 25.0 Å². The molecule has 0 atom stereocenters. The molecule has 10 nitrogen and oxygen atoms in total. The second kappa shape index (κ2) is 8.48. The Bertz CT molecular complexity index is 838. The fraction of sp³-hybridized carbons (Fsp3) is 0.0667. The number of benzene rings is 2. The smallest absolute Gasteiger partial charge is 0.269 e. The van der Waals surface area contributed by atoms with Gasteiger partial charge in [-0.2, -0.15) is 0 Å². The third-order valence-corrected chi connectivity index (χ3v) is 3.21. The Balaban J connectivity index is 1.80. The van der Waals surface area contributed by atoms with Gasteiger partial charge in [0.1, 0.15) is 5.75 Å². The Kier molecular flexibility index (Phi) is 6.11. The Hall–Kier alpha value is -3.60. The molecule has 0 bridgehead atoms. The molecular weight excluding hydrogens is 364 g/mol. The molecule has 134 valence electrons. The molecular formula is C15H12N4O6S. The Morgan fingerprint density at radius 3 is 1.96 bits per heavy atom. The zero-order valence-electron chi connectivity index (χ0n) is 13.1. The van der Waals surface area contributed by atoms with E-state index in [0.717, 1.165) is 0 Å². The van der Waals surface area contributed by atoms with E-state index in [0.29, 0.717) is 11.4 Å². The summed E-state index contributed by atoms with van der Waals surface area (Å²) >= 11 is 4.97. The van der Waals surface area contributed by atoms with Crippen LogP contribution in [0.15, 0.2) is 48.5 Å². The lowest BCUT2D eigenvalue weighted by Crippen LogP contribution is -2.37. The third-order valence-electron chi connectivity index (χ3n) is 3.01. The zero-order chi connectivity index (χ0) is 19.1. The highest BCUT2D eigenvalue weighted by Crippen LogP contribution is 2.17. The van der Waals surface area contributed by atoms with E-state index < -0.39 is 15.8 Å². The molecule has 26 heavy (non-hydrogen) atoms. The Morgan fingerprint density at radius 1 is 0.962 bits per heavy atom. The minimum absolute atomic E-state index is 0.00356. The van der Waals surface area contributed by atoms with Crippen molar-refractivity contribution in [3.05, 3.63) is 68.8 Å². The van der Waals surface area contributed by atoms with E-state index in [1.165, 1.54) is 48.5 Å². The fourth-order valence-electron chi connectivity index (χ4n) is 1.80. The van der Waals surface area contributed by atoms with Gasteiger partial charge in [-0.15, -0.1) is 0 Å². The van der Waals surface area contributed by atoms with Gasteiger partial charge in [-0.3, -0.25) is 30.3 Å². The number of nitro benzene ring substituents is 2. The topological polar surface area (TPSA) is 137 Å². The molecule has 0 heterocycles. The van der Waals surface area contributed by atoms with Crippen LogP contribution in [0.4, 0.5) is 17.1 Å². The summed E-state index contributed by atoms with van der Waals surface area (Å²) < 4.78 is 5.20. The number of rotatable bonds is 6. The van der Waals surface area contributed by atoms with Gasteiger partial charge in [-0.05, 0) is 36.5 Å². The number of non-ortho nitro benzene ring substituents is 2. The molecule has 0 unspecified atom stereocenters. The summed E-state index contributed by atoms with van der Waals surface area (Å²) in [5, 5.41) is 26.2. The largest absolute Gasteiger partial charge is 0.484 e. The van der Waals surface area contributed by atoms with Crippen LogP contribution in [0.2, 0.25) is 0 Å². The molecule has 0 radical (unpaired) electrons. The highest BCUT2D eigenvalue weighted by atomic mass is 32.1. The molecule has 2 aromatic carbocycles. The van der Waals surface area contributed by atoms with Crippen molar-refractivity contribution in [3.8, 4) is 5.75 Å². The maximum atomic E-state index is 11.8. The number of nitrogens with zero attached hydrogens (tertiary/aromatic N) is 2. The molecule has 2 aromatic rings. The van der Waals surface area contributed by atoms with E-state index in [4.69, 9.17) is 17.0 Å². The van der Waals surface area contributed by atoms with Crippen LogP contribution in [0.5, 0.6) is 5.75 Å². The van der Waals surface area contributed by atoms with Gasteiger partial charge in [0.05, 0.1) is 9.85 Å². The molecule has 0 spiro atoms. The van der Waals surface area contributed by atoms with Crippen LogP contribution in [-0.4, -0.2) is 27.5 Å². The normalized spacial score (nSPS) is 9.85. The minimum Gasteiger partial charge on any atom is -0.484 e. The standard InChI is InChI=1S/C15H12N4O6S/c20-14(9-25-13-7-5-12(6-8-13)19(23)24)17-15(26)16-10-1-3-11(4-2-10)18(21)22/h1-8H,9H2,(H2,16,17,20,26). The molecule has 11 heteroatoms. The number of ether oxygens (including phenoxy) is 1. The van der Waals surface area contributed by atoms with Crippen LogP contribution in [0, 0.1) is 20.2 Å². The van der Waals surface area contributed by atoms with Crippen molar-refractivity contribution >= 4 is 40.3 Å². The number of thiocarbonyl (C=S) groups is 1.